The van der Waals surface area contributed by atoms with E-state index in [-0.39, 0.29) is 5.91 Å². The molecule has 1 aliphatic heterocycles. The first kappa shape index (κ1) is 11.7. The van der Waals surface area contributed by atoms with Crippen LogP contribution >= 0.6 is 0 Å². The van der Waals surface area contributed by atoms with Crippen molar-refractivity contribution in [2.75, 3.05) is 5.01 Å². The van der Waals surface area contributed by atoms with E-state index < -0.39 is 5.54 Å². The summed E-state index contributed by atoms with van der Waals surface area (Å²) in [7, 11) is 0. The number of benzene rings is 1. The van der Waals surface area contributed by atoms with Crippen molar-refractivity contribution in [2.45, 2.75) is 33.2 Å². The van der Waals surface area contributed by atoms with Gasteiger partial charge < -0.3 is 0 Å². The van der Waals surface area contributed by atoms with Crippen LogP contribution in [0.25, 0.3) is 0 Å². The third-order valence-corrected chi connectivity index (χ3v) is 3.53. The zero-order chi connectivity index (χ0) is 12.8. The summed E-state index contributed by atoms with van der Waals surface area (Å²) in [5.41, 5.74) is 6.50. The first-order valence-electron chi connectivity index (χ1n) is 5.72. The van der Waals surface area contributed by atoms with Gasteiger partial charge in [0.05, 0.1) is 11.2 Å². The maximum atomic E-state index is 11.7. The summed E-state index contributed by atoms with van der Waals surface area (Å²) in [5, 5.41) is 1.88. The summed E-state index contributed by atoms with van der Waals surface area (Å²) < 4.78 is 0. The van der Waals surface area contributed by atoms with Crippen LogP contribution < -0.4 is 10.4 Å². The van der Waals surface area contributed by atoms with Crippen molar-refractivity contribution < 1.29 is 4.79 Å². The average molecular weight is 230 g/mol. The number of hydrogen-bond donors (Lipinski definition) is 1. The molecule has 90 valence electrons. The summed E-state index contributed by atoms with van der Waals surface area (Å²) in [6.45, 7) is 12.0. The van der Waals surface area contributed by atoms with E-state index in [1.165, 1.54) is 11.1 Å². The number of aryl methyl sites for hydroxylation is 2. The Bertz CT molecular complexity index is 503. The Morgan fingerprint density at radius 1 is 1.24 bits per heavy atom. The van der Waals surface area contributed by atoms with Crippen LogP contribution in [-0.4, -0.2) is 11.4 Å². The highest BCUT2D eigenvalue weighted by molar-refractivity contribution is 6.00. The molecule has 0 aromatic heterocycles. The van der Waals surface area contributed by atoms with Gasteiger partial charge in [-0.2, -0.15) is 0 Å². The fraction of sp³-hybridized carbons (Fsp3) is 0.357. The van der Waals surface area contributed by atoms with E-state index >= 15 is 0 Å². The lowest BCUT2D eigenvalue weighted by atomic mass is 9.95. The number of hydrogen-bond acceptors (Lipinski definition) is 2. The molecule has 1 amide bonds. The van der Waals surface area contributed by atoms with Crippen molar-refractivity contribution in [3.05, 3.63) is 41.5 Å². The Balaban J connectivity index is 2.44. The van der Waals surface area contributed by atoms with Gasteiger partial charge in [0, 0.05) is 5.57 Å². The molecule has 0 atom stereocenters. The number of rotatable bonds is 1. The predicted octanol–water partition coefficient (Wildman–Crippen LogP) is 2.49. The summed E-state index contributed by atoms with van der Waals surface area (Å²) in [5.74, 6) is -0.103. The molecule has 0 aliphatic carbocycles. The van der Waals surface area contributed by atoms with E-state index in [1.807, 2.05) is 24.9 Å². The fourth-order valence-electron chi connectivity index (χ4n) is 1.97. The molecule has 17 heavy (non-hydrogen) atoms. The maximum absolute atomic E-state index is 11.7. The Morgan fingerprint density at radius 2 is 1.88 bits per heavy atom. The normalized spacial score (nSPS) is 18.5. The highest BCUT2D eigenvalue weighted by Crippen LogP contribution is 2.32. The number of carbonyl (C=O) groups excluding carboxylic acids is 1. The molecule has 0 saturated carbocycles. The van der Waals surface area contributed by atoms with Crippen LogP contribution in [-0.2, 0) is 4.79 Å². The molecule has 0 unspecified atom stereocenters. The van der Waals surface area contributed by atoms with E-state index in [1.54, 1.807) is 0 Å². The minimum Gasteiger partial charge on any atom is -0.275 e. The van der Waals surface area contributed by atoms with Crippen LogP contribution in [0.2, 0.25) is 0 Å². The third kappa shape index (κ3) is 1.71. The summed E-state index contributed by atoms with van der Waals surface area (Å²) >= 11 is 0. The molecule has 1 aromatic rings. The molecule has 1 aliphatic rings. The number of amides is 1. The second kappa shape index (κ2) is 3.62. The van der Waals surface area contributed by atoms with Crippen molar-refractivity contribution in [2.24, 2.45) is 0 Å². The van der Waals surface area contributed by atoms with Gasteiger partial charge in [0.1, 0.15) is 0 Å². The minimum absolute atomic E-state index is 0.103. The fourth-order valence-corrected chi connectivity index (χ4v) is 1.97. The molecule has 0 spiro atoms. The first-order valence-corrected chi connectivity index (χ1v) is 5.72. The zero-order valence-corrected chi connectivity index (χ0v) is 10.8. The summed E-state index contributed by atoms with van der Waals surface area (Å²) in [6, 6.07) is 6.16. The predicted molar refractivity (Wildman–Crippen MR) is 69.8 cm³/mol. The molecular weight excluding hydrogens is 212 g/mol. The molecule has 1 aromatic carbocycles. The van der Waals surface area contributed by atoms with Crippen molar-refractivity contribution in [1.82, 2.24) is 5.43 Å². The number of anilines is 1. The molecule has 1 saturated heterocycles. The topological polar surface area (TPSA) is 32.3 Å². The van der Waals surface area contributed by atoms with E-state index in [2.05, 4.69) is 38.0 Å². The standard InChI is InChI=1S/C14H18N2O/c1-9-6-7-12(8-10(9)2)16-14(4,5)11(3)13(17)15-16/h6-8H,3H2,1-2,4-5H3,(H,15,17). The molecule has 1 N–H and O–H groups in total. The van der Waals surface area contributed by atoms with Crippen molar-refractivity contribution in [1.29, 1.82) is 0 Å². The Kier molecular flexibility index (Phi) is 2.49. The maximum Gasteiger partial charge on any atom is 0.267 e. The Morgan fingerprint density at radius 3 is 2.35 bits per heavy atom. The first-order chi connectivity index (χ1) is 7.84. The van der Waals surface area contributed by atoms with Crippen molar-refractivity contribution >= 4 is 11.6 Å². The van der Waals surface area contributed by atoms with Crippen molar-refractivity contribution in [3.8, 4) is 0 Å². The molecule has 0 bridgehead atoms. The van der Waals surface area contributed by atoms with E-state index in [9.17, 15) is 4.79 Å². The van der Waals surface area contributed by atoms with Gasteiger partial charge in [0.25, 0.3) is 5.91 Å². The monoisotopic (exact) mass is 230 g/mol. The van der Waals surface area contributed by atoms with Gasteiger partial charge in [-0.05, 0) is 51.0 Å². The molecule has 3 heteroatoms. The lowest BCUT2D eigenvalue weighted by Crippen LogP contribution is -2.44. The third-order valence-electron chi connectivity index (χ3n) is 3.53. The quantitative estimate of drug-likeness (QED) is 0.752. The van der Waals surface area contributed by atoms with Gasteiger partial charge in [0.2, 0.25) is 0 Å². The smallest absolute Gasteiger partial charge is 0.267 e. The van der Waals surface area contributed by atoms with Gasteiger partial charge in [-0.15, -0.1) is 0 Å². The number of carbonyl (C=O) groups is 1. The van der Waals surface area contributed by atoms with E-state index in [0.29, 0.717) is 5.57 Å². The number of hydrazine groups is 1. The van der Waals surface area contributed by atoms with Gasteiger partial charge in [0.15, 0.2) is 0 Å². The van der Waals surface area contributed by atoms with Crippen LogP contribution in [0.3, 0.4) is 0 Å². The van der Waals surface area contributed by atoms with E-state index in [0.717, 1.165) is 5.69 Å². The molecule has 0 radical (unpaired) electrons. The van der Waals surface area contributed by atoms with Crippen LogP contribution in [0.4, 0.5) is 5.69 Å². The van der Waals surface area contributed by atoms with Gasteiger partial charge >= 0.3 is 0 Å². The zero-order valence-electron chi connectivity index (χ0n) is 10.8. The summed E-state index contributed by atoms with van der Waals surface area (Å²) in [6.07, 6.45) is 0. The molecule has 3 nitrogen and oxygen atoms in total. The Labute approximate surface area is 102 Å². The van der Waals surface area contributed by atoms with E-state index in [4.69, 9.17) is 0 Å². The highest BCUT2D eigenvalue weighted by Gasteiger charge is 2.41. The van der Waals surface area contributed by atoms with Crippen LogP contribution in [0, 0.1) is 13.8 Å². The van der Waals surface area contributed by atoms with Crippen molar-refractivity contribution in [3.63, 3.8) is 0 Å². The van der Waals surface area contributed by atoms with Crippen LogP contribution in [0.15, 0.2) is 30.4 Å². The second-order valence-corrected chi connectivity index (χ2v) is 5.08. The average Bonchev–Trinajstić information content (AvgIpc) is 2.46. The minimum atomic E-state index is -0.390. The van der Waals surface area contributed by atoms with Gasteiger partial charge in [-0.3, -0.25) is 15.2 Å². The van der Waals surface area contributed by atoms with Crippen LogP contribution in [0.5, 0.6) is 0 Å². The molecule has 2 rings (SSSR count). The van der Waals surface area contributed by atoms with Gasteiger partial charge in [-0.25, -0.2) is 0 Å². The highest BCUT2D eigenvalue weighted by atomic mass is 16.2. The number of nitrogens with one attached hydrogen (secondary N) is 1. The SMILES string of the molecule is C=C1C(=O)NN(c2ccc(C)c(C)c2)C1(C)C. The molecule has 1 heterocycles. The Hall–Kier alpha value is -1.77. The second-order valence-electron chi connectivity index (χ2n) is 5.08. The van der Waals surface area contributed by atoms with Crippen LogP contribution in [0.1, 0.15) is 25.0 Å². The molecule has 1 fully saturated rings. The number of nitrogens with zero attached hydrogens (tertiary/aromatic N) is 1. The lowest BCUT2D eigenvalue weighted by Gasteiger charge is -2.32. The molecular formula is C14H18N2O. The van der Waals surface area contributed by atoms with Gasteiger partial charge in [-0.1, -0.05) is 12.6 Å². The largest absolute Gasteiger partial charge is 0.275 e. The lowest BCUT2D eigenvalue weighted by molar-refractivity contribution is -0.116. The summed E-state index contributed by atoms with van der Waals surface area (Å²) in [4.78, 5) is 11.7.